The normalized spacial score (nSPS) is 11.0. The van der Waals surface area contributed by atoms with E-state index in [-0.39, 0.29) is 12.2 Å². The summed E-state index contributed by atoms with van der Waals surface area (Å²) in [6.07, 6.45) is 0. The summed E-state index contributed by atoms with van der Waals surface area (Å²) >= 11 is 0. The van der Waals surface area contributed by atoms with Gasteiger partial charge in [-0.3, -0.25) is 4.79 Å². The molecular weight excluding hydrogens is 385 g/mol. The zero-order valence-corrected chi connectivity index (χ0v) is 15.2. The molecule has 1 amide bonds. The van der Waals surface area contributed by atoms with E-state index in [9.17, 15) is 18.0 Å². The van der Waals surface area contributed by atoms with Gasteiger partial charge in [0.05, 0.1) is 25.0 Å². The Morgan fingerprint density at radius 1 is 0.966 bits per heavy atom. The summed E-state index contributed by atoms with van der Waals surface area (Å²) in [6, 6.07) is 12.7. The lowest BCUT2D eigenvalue weighted by atomic mass is 10.1. The van der Waals surface area contributed by atoms with Crippen molar-refractivity contribution < 1.29 is 27.1 Å². The molecule has 5 nitrogen and oxygen atoms in total. The Labute approximate surface area is 163 Å². The number of benzene rings is 3. The number of methoxy groups -OCH3 is 1. The van der Waals surface area contributed by atoms with Crippen LogP contribution >= 0.6 is 0 Å². The van der Waals surface area contributed by atoms with Gasteiger partial charge in [-0.25, -0.2) is 13.2 Å². The van der Waals surface area contributed by atoms with Crippen LogP contribution in [0.4, 0.5) is 24.5 Å². The molecule has 0 aliphatic heterocycles. The zero-order valence-electron chi connectivity index (χ0n) is 15.2. The van der Waals surface area contributed by atoms with E-state index in [1.165, 1.54) is 7.11 Å². The van der Waals surface area contributed by atoms with Crippen LogP contribution in [0, 0.1) is 17.5 Å². The quantitative estimate of drug-likeness (QED) is 0.460. The number of furan rings is 1. The molecule has 3 aromatic carbocycles. The number of anilines is 2. The highest BCUT2D eigenvalue weighted by Gasteiger charge is 2.16. The monoisotopic (exact) mass is 400 g/mol. The molecule has 0 aliphatic carbocycles. The average molecular weight is 400 g/mol. The molecule has 1 aromatic heterocycles. The average Bonchev–Trinajstić information content (AvgIpc) is 3.08. The number of amides is 1. The third-order valence-corrected chi connectivity index (χ3v) is 4.45. The van der Waals surface area contributed by atoms with Gasteiger partial charge < -0.3 is 19.8 Å². The van der Waals surface area contributed by atoms with Gasteiger partial charge in [-0.2, -0.15) is 0 Å². The van der Waals surface area contributed by atoms with E-state index in [1.54, 1.807) is 12.1 Å². The second kappa shape index (κ2) is 7.38. The topological polar surface area (TPSA) is 63.5 Å². The Kier molecular flexibility index (Phi) is 4.75. The van der Waals surface area contributed by atoms with Crippen LogP contribution in [0.15, 0.2) is 52.9 Å². The van der Waals surface area contributed by atoms with Crippen LogP contribution in [-0.4, -0.2) is 19.6 Å². The number of rotatable bonds is 5. The predicted octanol–water partition coefficient (Wildman–Crippen LogP) is 5.06. The molecule has 8 heteroatoms. The van der Waals surface area contributed by atoms with Gasteiger partial charge >= 0.3 is 0 Å². The first-order valence-corrected chi connectivity index (χ1v) is 8.64. The molecule has 29 heavy (non-hydrogen) atoms. The van der Waals surface area contributed by atoms with E-state index in [0.717, 1.165) is 22.9 Å². The van der Waals surface area contributed by atoms with Gasteiger partial charge in [0, 0.05) is 16.8 Å². The van der Waals surface area contributed by atoms with Gasteiger partial charge in [-0.1, -0.05) is 18.2 Å². The van der Waals surface area contributed by atoms with Crippen molar-refractivity contribution in [1.82, 2.24) is 0 Å². The summed E-state index contributed by atoms with van der Waals surface area (Å²) in [5.74, 6) is -4.42. The number of carbonyl (C=O) groups is 1. The lowest BCUT2D eigenvalue weighted by Crippen LogP contribution is -2.22. The molecule has 0 saturated heterocycles. The summed E-state index contributed by atoms with van der Waals surface area (Å²) < 4.78 is 51.1. The molecule has 4 rings (SSSR count). The van der Waals surface area contributed by atoms with Gasteiger partial charge in [-0.05, 0) is 24.3 Å². The fraction of sp³-hybridized carbons (Fsp3) is 0.0952. The molecular formula is C21H15F3N2O3. The summed E-state index contributed by atoms with van der Waals surface area (Å²) in [7, 11) is 1.47. The molecule has 0 unspecified atom stereocenters. The van der Waals surface area contributed by atoms with Crippen molar-refractivity contribution >= 4 is 39.2 Å². The van der Waals surface area contributed by atoms with Crippen molar-refractivity contribution in [1.29, 1.82) is 0 Å². The minimum absolute atomic E-state index is 0.321. The molecule has 0 fully saturated rings. The Bertz CT molecular complexity index is 1240. The van der Waals surface area contributed by atoms with E-state index >= 15 is 0 Å². The fourth-order valence-corrected chi connectivity index (χ4v) is 3.05. The van der Waals surface area contributed by atoms with Crippen LogP contribution in [0.2, 0.25) is 0 Å². The van der Waals surface area contributed by atoms with Gasteiger partial charge in [0.2, 0.25) is 5.91 Å². The van der Waals surface area contributed by atoms with E-state index in [1.807, 2.05) is 24.3 Å². The zero-order chi connectivity index (χ0) is 20.5. The highest BCUT2D eigenvalue weighted by Crippen LogP contribution is 2.36. The predicted molar refractivity (Wildman–Crippen MR) is 104 cm³/mol. The van der Waals surface area contributed by atoms with Crippen LogP contribution in [0.3, 0.4) is 0 Å². The van der Waals surface area contributed by atoms with Crippen molar-refractivity contribution in [3.8, 4) is 5.75 Å². The van der Waals surface area contributed by atoms with Crippen molar-refractivity contribution in [3.05, 3.63) is 66.0 Å². The second-order valence-electron chi connectivity index (χ2n) is 6.27. The fourth-order valence-electron chi connectivity index (χ4n) is 3.05. The molecule has 2 N–H and O–H groups in total. The summed E-state index contributed by atoms with van der Waals surface area (Å²) in [5, 5.41) is 6.82. The van der Waals surface area contributed by atoms with Crippen molar-refractivity contribution in [2.24, 2.45) is 0 Å². The molecule has 0 bridgehead atoms. The number of ether oxygens (including phenoxy) is 1. The third kappa shape index (κ3) is 3.44. The molecule has 4 aromatic rings. The van der Waals surface area contributed by atoms with E-state index in [4.69, 9.17) is 9.15 Å². The van der Waals surface area contributed by atoms with E-state index in [2.05, 4.69) is 10.6 Å². The number of halogens is 3. The maximum atomic E-state index is 13.7. The smallest absolute Gasteiger partial charge is 0.243 e. The van der Waals surface area contributed by atoms with E-state index < -0.39 is 23.4 Å². The van der Waals surface area contributed by atoms with Crippen molar-refractivity contribution in [3.63, 3.8) is 0 Å². The number of hydrogen-bond donors (Lipinski definition) is 2. The second-order valence-corrected chi connectivity index (χ2v) is 6.27. The van der Waals surface area contributed by atoms with Crippen LogP contribution in [0.1, 0.15) is 0 Å². The van der Waals surface area contributed by atoms with Gasteiger partial charge in [0.25, 0.3) is 0 Å². The lowest BCUT2D eigenvalue weighted by molar-refractivity contribution is -0.114. The van der Waals surface area contributed by atoms with Crippen LogP contribution in [0.25, 0.3) is 21.9 Å². The first-order valence-electron chi connectivity index (χ1n) is 8.64. The van der Waals surface area contributed by atoms with Crippen LogP contribution < -0.4 is 15.4 Å². The van der Waals surface area contributed by atoms with Crippen molar-refractivity contribution in [2.75, 3.05) is 24.3 Å². The largest absolute Gasteiger partial charge is 0.495 e. The maximum absolute atomic E-state index is 13.7. The molecule has 148 valence electrons. The Hall–Kier alpha value is -3.68. The van der Waals surface area contributed by atoms with Crippen LogP contribution in [-0.2, 0) is 4.79 Å². The number of hydrogen-bond acceptors (Lipinski definition) is 4. The molecule has 0 spiro atoms. The minimum atomic E-state index is -1.60. The number of fused-ring (bicyclic) bond motifs is 3. The highest BCUT2D eigenvalue weighted by molar-refractivity contribution is 6.08. The van der Waals surface area contributed by atoms with E-state index in [0.29, 0.717) is 22.6 Å². The maximum Gasteiger partial charge on any atom is 0.243 e. The molecule has 1 heterocycles. The van der Waals surface area contributed by atoms with Gasteiger partial charge in [-0.15, -0.1) is 0 Å². The minimum Gasteiger partial charge on any atom is -0.495 e. The molecule has 0 aliphatic rings. The number of carbonyl (C=O) groups excluding carboxylic acids is 1. The first-order chi connectivity index (χ1) is 14.0. The summed E-state index contributed by atoms with van der Waals surface area (Å²) in [6.45, 7) is -0.372. The Morgan fingerprint density at radius 3 is 2.55 bits per heavy atom. The Morgan fingerprint density at radius 2 is 1.76 bits per heavy atom. The summed E-state index contributed by atoms with van der Waals surface area (Å²) in [4.78, 5) is 12.3. The first kappa shape index (κ1) is 18.7. The third-order valence-electron chi connectivity index (χ3n) is 4.45. The van der Waals surface area contributed by atoms with Gasteiger partial charge in [0.15, 0.2) is 17.5 Å². The summed E-state index contributed by atoms with van der Waals surface area (Å²) in [5.41, 5.74) is 1.29. The number of para-hydroxylation sites is 1. The van der Waals surface area contributed by atoms with Crippen LogP contribution in [0.5, 0.6) is 5.75 Å². The van der Waals surface area contributed by atoms with Crippen molar-refractivity contribution in [2.45, 2.75) is 0 Å². The molecule has 0 radical (unpaired) electrons. The molecule has 0 atom stereocenters. The number of nitrogens with one attached hydrogen (secondary N) is 2. The lowest BCUT2D eigenvalue weighted by Gasteiger charge is -2.12. The Balaban J connectivity index is 1.56. The standard InChI is InChI=1S/C21H15F3N2O3/c1-28-18-8-12-11-4-2-3-5-16(11)29-17(12)9-15(18)26-19(27)10-25-14-7-6-13(22)20(23)21(14)24/h2-9,25H,10H2,1H3,(H,26,27). The highest BCUT2D eigenvalue weighted by atomic mass is 19.2. The molecule has 0 saturated carbocycles. The SMILES string of the molecule is COc1cc2c(cc1NC(=O)CNc1ccc(F)c(F)c1F)oc1ccccc12. The van der Waals surface area contributed by atoms with Gasteiger partial charge in [0.1, 0.15) is 16.9 Å².